The minimum absolute atomic E-state index is 0.0313. The number of ketones is 1. The summed E-state index contributed by atoms with van der Waals surface area (Å²) in [6, 6.07) is 5.25. The highest BCUT2D eigenvalue weighted by molar-refractivity contribution is 8.00. The van der Waals surface area contributed by atoms with Gasteiger partial charge in [0.15, 0.2) is 5.78 Å². The molecule has 4 unspecified atom stereocenters. The molecule has 0 spiro atoms. The van der Waals surface area contributed by atoms with E-state index in [1.807, 2.05) is 31.1 Å². The molecule has 41 heavy (non-hydrogen) atoms. The minimum Gasteiger partial charge on any atom is -0.398 e. The van der Waals surface area contributed by atoms with E-state index >= 15 is 0 Å². The number of amides is 2. The summed E-state index contributed by atoms with van der Waals surface area (Å²) in [6.07, 6.45) is 3.88. The van der Waals surface area contributed by atoms with Crippen molar-refractivity contribution in [2.24, 2.45) is 17.3 Å². The van der Waals surface area contributed by atoms with Gasteiger partial charge < -0.3 is 26.7 Å². The molecular weight excluding hydrogens is 534 g/mol. The third-order valence-corrected chi connectivity index (χ3v) is 9.91. The van der Waals surface area contributed by atoms with Gasteiger partial charge in [0.1, 0.15) is 0 Å². The Bertz CT molecular complexity index is 1120. The highest BCUT2D eigenvalue weighted by Gasteiger charge is 2.60. The summed E-state index contributed by atoms with van der Waals surface area (Å²) in [4.78, 5) is 41.9. The van der Waals surface area contributed by atoms with Crippen molar-refractivity contribution in [3.05, 3.63) is 35.9 Å². The fourth-order valence-corrected chi connectivity index (χ4v) is 6.62. The van der Waals surface area contributed by atoms with E-state index in [1.165, 1.54) is 5.56 Å². The standard InChI is InChI=1S/C32H51N5O3S/c1-9-21(6)32(19-35-31(40)20(5)18-37(7)8)17-24(32)29(34)30(39)26(36-28(38)12-4)16-23(11-3)41-27-15-22(10-2)13-14-25(27)33/h13-15,21,23-24,26,34H,5,9-12,16-19,33H2,1-4,6-8H3,(H,35,40)(H,36,38)/t21?,23?,24?,26-,32?/m0/s1. The predicted octanol–water partition coefficient (Wildman–Crippen LogP) is 4.86. The lowest BCUT2D eigenvalue weighted by Crippen LogP contribution is -2.46. The maximum atomic E-state index is 13.8. The molecule has 1 saturated carbocycles. The molecule has 228 valence electrons. The molecular formula is C32H51N5O3S. The molecule has 0 saturated heterocycles. The molecule has 0 bridgehead atoms. The molecule has 0 radical (unpaired) electrons. The van der Waals surface area contributed by atoms with Gasteiger partial charge in [-0.15, -0.1) is 11.8 Å². The van der Waals surface area contributed by atoms with Crippen molar-refractivity contribution in [2.45, 2.75) is 89.3 Å². The van der Waals surface area contributed by atoms with Crippen LogP contribution < -0.4 is 16.4 Å². The van der Waals surface area contributed by atoms with Crippen molar-refractivity contribution in [1.29, 1.82) is 5.41 Å². The number of hydrogen-bond donors (Lipinski definition) is 4. The maximum Gasteiger partial charge on any atom is 0.247 e. The fourth-order valence-electron chi connectivity index (χ4n) is 5.38. The van der Waals surface area contributed by atoms with E-state index in [0.29, 0.717) is 37.2 Å². The Hall–Kier alpha value is -2.65. The number of nitrogen functional groups attached to an aromatic ring is 1. The van der Waals surface area contributed by atoms with Crippen LogP contribution in [0.5, 0.6) is 0 Å². The molecule has 1 fully saturated rings. The second-order valence-electron chi connectivity index (χ2n) is 11.7. The number of aryl methyl sites for hydroxylation is 1. The van der Waals surface area contributed by atoms with Crippen LogP contribution in [0.3, 0.4) is 0 Å². The first-order chi connectivity index (χ1) is 19.3. The first-order valence-corrected chi connectivity index (χ1v) is 15.8. The number of nitrogens with zero attached hydrogens (tertiary/aromatic N) is 1. The first-order valence-electron chi connectivity index (χ1n) is 14.9. The zero-order valence-corrected chi connectivity index (χ0v) is 26.9. The molecule has 0 aliphatic heterocycles. The highest BCUT2D eigenvalue weighted by Crippen LogP contribution is 2.59. The zero-order chi connectivity index (χ0) is 30.9. The van der Waals surface area contributed by atoms with Gasteiger partial charge in [0, 0.05) is 46.8 Å². The van der Waals surface area contributed by atoms with Crippen LogP contribution in [0.4, 0.5) is 5.69 Å². The van der Waals surface area contributed by atoms with Gasteiger partial charge in [-0.05, 0) is 68.8 Å². The number of anilines is 1. The SMILES string of the molecule is C=C(CN(C)C)C(=O)NCC1(C(C)CC)CC1C(=N)C(=O)[C@H](CC(CC)Sc1cc(CC)ccc1N)NC(=O)CC. The lowest BCUT2D eigenvalue weighted by molar-refractivity contribution is -0.125. The van der Waals surface area contributed by atoms with Crippen molar-refractivity contribution >= 4 is 40.8 Å². The molecule has 9 heteroatoms. The van der Waals surface area contributed by atoms with E-state index in [4.69, 9.17) is 11.1 Å². The maximum absolute atomic E-state index is 13.8. The third-order valence-electron chi connectivity index (χ3n) is 8.44. The Morgan fingerprint density at radius 1 is 1.20 bits per heavy atom. The van der Waals surface area contributed by atoms with Gasteiger partial charge in [0.25, 0.3) is 0 Å². The molecule has 5 N–H and O–H groups in total. The third kappa shape index (κ3) is 9.17. The Morgan fingerprint density at radius 3 is 2.44 bits per heavy atom. The van der Waals surface area contributed by atoms with Crippen molar-refractivity contribution in [3.63, 3.8) is 0 Å². The number of carbonyl (C=O) groups excluding carboxylic acids is 3. The number of likely N-dealkylation sites (N-methyl/N-ethyl adjacent to an activating group) is 1. The van der Waals surface area contributed by atoms with Crippen LogP contribution in [0, 0.1) is 22.7 Å². The summed E-state index contributed by atoms with van der Waals surface area (Å²) < 4.78 is 0. The Morgan fingerprint density at radius 2 is 1.88 bits per heavy atom. The molecule has 8 nitrogen and oxygen atoms in total. The van der Waals surface area contributed by atoms with Crippen molar-refractivity contribution in [2.75, 3.05) is 32.9 Å². The number of carbonyl (C=O) groups is 3. The summed E-state index contributed by atoms with van der Waals surface area (Å²) in [5.74, 6) is -0.802. The average molecular weight is 586 g/mol. The number of nitrogens with two attached hydrogens (primary N) is 1. The highest BCUT2D eigenvalue weighted by atomic mass is 32.2. The Kier molecular flexibility index (Phi) is 13.1. The molecule has 2 amide bonds. The van der Waals surface area contributed by atoms with Gasteiger partial charge in [-0.2, -0.15) is 0 Å². The van der Waals surface area contributed by atoms with E-state index < -0.39 is 6.04 Å². The molecule has 0 heterocycles. The summed E-state index contributed by atoms with van der Waals surface area (Å²) in [7, 11) is 3.77. The van der Waals surface area contributed by atoms with E-state index in [1.54, 1.807) is 18.7 Å². The number of Topliss-reactive ketones (excluding diaryl/α,β-unsaturated/α-hetero) is 1. The Balaban J connectivity index is 2.21. The largest absolute Gasteiger partial charge is 0.398 e. The molecule has 2 rings (SSSR count). The second kappa shape index (κ2) is 15.5. The van der Waals surface area contributed by atoms with E-state index in [9.17, 15) is 14.4 Å². The quantitative estimate of drug-likeness (QED) is 0.0843. The van der Waals surface area contributed by atoms with Gasteiger partial charge in [-0.3, -0.25) is 14.4 Å². The molecule has 1 aromatic carbocycles. The van der Waals surface area contributed by atoms with E-state index in [-0.39, 0.29) is 52.2 Å². The summed E-state index contributed by atoms with van der Waals surface area (Å²) in [5, 5.41) is 14.9. The molecule has 0 aromatic heterocycles. The molecule has 1 aliphatic carbocycles. The summed E-state index contributed by atoms with van der Waals surface area (Å²) >= 11 is 1.63. The van der Waals surface area contributed by atoms with Gasteiger partial charge in [-0.1, -0.05) is 53.7 Å². The van der Waals surface area contributed by atoms with Crippen molar-refractivity contribution < 1.29 is 14.4 Å². The Labute approximate surface area is 251 Å². The van der Waals surface area contributed by atoms with Gasteiger partial charge in [-0.25, -0.2) is 0 Å². The lowest BCUT2D eigenvalue weighted by Gasteiger charge is -2.27. The van der Waals surface area contributed by atoms with Crippen LogP contribution in [0.25, 0.3) is 0 Å². The van der Waals surface area contributed by atoms with Gasteiger partial charge >= 0.3 is 0 Å². The average Bonchev–Trinajstić information content (AvgIpc) is 3.69. The number of thioether (sulfide) groups is 1. The van der Waals surface area contributed by atoms with Gasteiger partial charge in [0.2, 0.25) is 11.8 Å². The van der Waals surface area contributed by atoms with Crippen LogP contribution in [0.1, 0.15) is 72.3 Å². The fraction of sp³-hybridized carbons (Fsp3) is 0.625. The first kappa shape index (κ1) is 34.6. The zero-order valence-electron chi connectivity index (χ0n) is 26.1. The van der Waals surface area contributed by atoms with Gasteiger partial charge in [0.05, 0.1) is 11.8 Å². The van der Waals surface area contributed by atoms with Crippen LogP contribution in [-0.4, -0.2) is 66.7 Å². The van der Waals surface area contributed by atoms with E-state index in [2.05, 4.69) is 51.0 Å². The number of hydrogen-bond acceptors (Lipinski definition) is 7. The normalized spacial score (nSPS) is 20.1. The molecule has 5 atom stereocenters. The lowest BCUT2D eigenvalue weighted by atomic mass is 9.83. The van der Waals surface area contributed by atoms with Crippen LogP contribution >= 0.6 is 11.8 Å². The van der Waals surface area contributed by atoms with Crippen LogP contribution in [0.15, 0.2) is 35.2 Å². The number of nitrogens with one attached hydrogen (secondary N) is 3. The number of rotatable bonds is 18. The predicted molar refractivity (Wildman–Crippen MR) is 170 cm³/mol. The second-order valence-corrected chi connectivity index (χ2v) is 13.0. The summed E-state index contributed by atoms with van der Waals surface area (Å²) in [6.45, 7) is 14.9. The summed E-state index contributed by atoms with van der Waals surface area (Å²) in [5.41, 5.74) is 8.33. The monoisotopic (exact) mass is 585 g/mol. The smallest absolute Gasteiger partial charge is 0.247 e. The minimum atomic E-state index is -0.785. The van der Waals surface area contributed by atoms with Crippen molar-refractivity contribution in [1.82, 2.24) is 15.5 Å². The molecule has 1 aromatic rings. The van der Waals surface area contributed by atoms with E-state index in [0.717, 1.165) is 24.2 Å². The number of benzene rings is 1. The van der Waals surface area contributed by atoms with Crippen LogP contribution in [-0.2, 0) is 20.8 Å². The molecule has 1 aliphatic rings. The van der Waals surface area contributed by atoms with Crippen molar-refractivity contribution in [3.8, 4) is 0 Å². The topological polar surface area (TPSA) is 128 Å². The van der Waals surface area contributed by atoms with Crippen LogP contribution in [0.2, 0.25) is 0 Å².